The van der Waals surface area contributed by atoms with Crippen molar-refractivity contribution in [3.05, 3.63) is 120 Å². The maximum atomic E-state index is 8.15. The zero-order valence-electron chi connectivity index (χ0n) is 26.9. The summed E-state index contributed by atoms with van der Waals surface area (Å²) in [5.41, 5.74) is 3.65. The fraction of sp³-hybridized carbons (Fsp3) is 0.125. The van der Waals surface area contributed by atoms with Crippen LogP contribution in [0, 0.1) is 19.1 Å². The molecule has 0 saturated carbocycles. The van der Waals surface area contributed by atoms with Crippen molar-refractivity contribution in [1.29, 1.82) is 0 Å². The second kappa shape index (κ2) is 11.7. The van der Waals surface area contributed by atoms with E-state index in [0.717, 1.165) is 20.2 Å². The Bertz CT molecular complexity index is 1950. The predicted octanol–water partition coefficient (Wildman–Crippen LogP) is 8.89. The van der Waals surface area contributed by atoms with Crippen LogP contribution in [0.15, 0.2) is 97.2 Å². The van der Waals surface area contributed by atoms with E-state index in [4.69, 9.17) is 9.60 Å². The molecule has 181 valence electrons. The van der Waals surface area contributed by atoms with Crippen LogP contribution in [0.25, 0.3) is 42.7 Å². The van der Waals surface area contributed by atoms with Gasteiger partial charge in [0.1, 0.15) is 0 Å². The normalized spacial score (nSPS) is 13.7. The van der Waals surface area contributed by atoms with E-state index >= 15 is 0 Å². The van der Waals surface area contributed by atoms with Crippen molar-refractivity contribution in [3.63, 3.8) is 0 Å². The Morgan fingerprint density at radius 3 is 2.61 bits per heavy atom. The number of thiophene rings is 1. The second-order valence-electron chi connectivity index (χ2n) is 8.19. The van der Waals surface area contributed by atoms with Crippen LogP contribution in [-0.4, -0.2) is 9.97 Å². The first kappa shape index (κ1) is 18.1. The Morgan fingerprint density at radius 1 is 0.917 bits per heavy atom. The summed E-state index contributed by atoms with van der Waals surface area (Å²) < 4.78 is 57.5. The van der Waals surface area contributed by atoms with Crippen molar-refractivity contribution in [2.24, 2.45) is 0 Å². The van der Waals surface area contributed by atoms with E-state index < -0.39 is 5.89 Å². The molecule has 6 rings (SSSR count). The Balaban J connectivity index is 0.000000201. The van der Waals surface area contributed by atoms with Gasteiger partial charge in [-0.05, 0) is 57.5 Å². The molecule has 0 fully saturated rings. The maximum Gasteiger partial charge on any atom is 0.0830 e. The molecular weight excluding hydrogens is 637 g/mol. The third kappa shape index (κ3) is 5.63. The number of aryl methyl sites for hydroxylation is 1. The molecule has 0 N–H and O–H groups in total. The van der Waals surface area contributed by atoms with E-state index in [9.17, 15) is 0 Å². The number of benzene rings is 3. The van der Waals surface area contributed by atoms with Crippen molar-refractivity contribution in [1.82, 2.24) is 9.97 Å². The molecule has 0 unspecified atom stereocenters. The van der Waals surface area contributed by atoms with Crippen molar-refractivity contribution in [3.8, 4) is 22.5 Å². The van der Waals surface area contributed by atoms with Crippen LogP contribution in [0.5, 0.6) is 0 Å². The average Bonchev–Trinajstić information content (AvgIpc) is 3.33. The van der Waals surface area contributed by atoms with E-state index in [-0.39, 0.29) is 62.2 Å². The third-order valence-corrected chi connectivity index (χ3v) is 6.62. The molecule has 2 nitrogen and oxygen atoms in total. The molecular formula is C32H26IrN2S-2. The molecule has 0 aliphatic heterocycles. The molecule has 3 heterocycles. The van der Waals surface area contributed by atoms with Gasteiger partial charge >= 0.3 is 0 Å². The van der Waals surface area contributed by atoms with E-state index in [1.165, 1.54) is 11.8 Å². The van der Waals surface area contributed by atoms with Crippen LogP contribution in [0.1, 0.15) is 40.5 Å². The monoisotopic (exact) mass is 670 g/mol. The minimum Gasteiger partial charge on any atom is -0.305 e. The van der Waals surface area contributed by atoms with E-state index in [1.807, 2.05) is 31.2 Å². The predicted molar refractivity (Wildman–Crippen MR) is 149 cm³/mol. The minimum atomic E-state index is -0.918. The zero-order valence-corrected chi connectivity index (χ0v) is 23.1. The standard InChI is InChI=1S/C18H12NS.C14H14N.Ir/c1-12-8-9-13-14-5-4-6-15(16-7-2-3-10-19-16)18(14)20-17(13)11-12;1-11(2)13-8-9-14(15-10-13)12-6-4-3-5-7-12;/h2-5,7-11H,1H3;3-6,8-11H,1-2H3;/q2*-1;/i2D,3D,7D,10D;8D,9D,11D;. The van der Waals surface area contributed by atoms with E-state index in [2.05, 4.69) is 40.3 Å². The van der Waals surface area contributed by atoms with Gasteiger partial charge in [0.2, 0.25) is 0 Å². The molecule has 0 amide bonds. The number of aromatic nitrogens is 2. The molecule has 0 bridgehead atoms. The van der Waals surface area contributed by atoms with Gasteiger partial charge in [-0.3, -0.25) is 0 Å². The Hall–Kier alpha value is -3.17. The van der Waals surface area contributed by atoms with Gasteiger partial charge in [-0.15, -0.1) is 59.7 Å². The topological polar surface area (TPSA) is 25.8 Å². The first-order chi connectivity index (χ1) is 19.9. The quantitative estimate of drug-likeness (QED) is 0.176. The number of fused-ring (bicyclic) bond motifs is 3. The molecule has 0 spiro atoms. The number of hydrogen-bond donors (Lipinski definition) is 0. The second-order valence-corrected chi connectivity index (χ2v) is 9.24. The molecule has 6 aromatic rings. The summed E-state index contributed by atoms with van der Waals surface area (Å²) in [7, 11) is 0. The molecule has 3 aromatic carbocycles. The molecule has 0 saturated heterocycles. The molecule has 36 heavy (non-hydrogen) atoms. The smallest absolute Gasteiger partial charge is 0.0830 e. The average molecular weight is 670 g/mol. The first-order valence-electron chi connectivity index (χ1n) is 14.6. The molecule has 1 radical (unpaired) electrons. The SMILES string of the molecule is [2H]c1c(C([2H])(C)C)cnc(-c2[c-]cccc2)c1[2H].[2H]c1nc(-c2[c-]ccc3c2sc2cc(C)ccc23)c([2H])c([2H])c1[2H].[Ir]. The van der Waals surface area contributed by atoms with Crippen LogP contribution in [0.2, 0.25) is 0 Å². The molecule has 4 heteroatoms. The molecule has 3 aromatic heterocycles. The summed E-state index contributed by atoms with van der Waals surface area (Å²) >= 11 is 1.60. The first-order valence-corrected chi connectivity index (χ1v) is 11.9. The molecule has 0 aliphatic carbocycles. The zero-order chi connectivity index (χ0) is 30.3. The van der Waals surface area contributed by atoms with Gasteiger partial charge in [0, 0.05) is 38.5 Å². The molecule has 0 aliphatic rings. The summed E-state index contributed by atoms with van der Waals surface area (Å²) in [6.45, 7) is 5.43. The summed E-state index contributed by atoms with van der Waals surface area (Å²) in [6.07, 6.45) is 1.23. The summed E-state index contributed by atoms with van der Waals surface area (Å²) in [4.78, 5) is 8.31. The van der Waals surface area contributed by atoms with E-state index in [0.29, 0.717) is 22.4 Å². The van der Waals surface area contributed by atoms with Crippen LogP contribution in [-0.2, 0) is 20.1 Å². The Labute approximate surface area is 240 Å². The Kier molecular flexibility index (Phi) is 5.90. The van der Waals surface area contributed by atoms with Gasteiger partial charge in [0.15, 0.2) is 0 Å². The third-order valence-electron chi connectivity index (χ3n) is 5.43. The van der Waals surface area contributed by atoms with Crippen LogP contribution in [0.4, 0.5) is 0 Å². The number of nitrogens with zero attached hydrogens (tertiary/aromatic N) is 2. The summed E-state index contributed by atoms with van der Waals surface area (Å²) in [5, 5.41) is 2.19. The van der Waals surface area contributed by atoms with Gasteiger partial charge in [0.05, 0.1) is 8.22 Å². The van der Waals surface area contributed by atoms with E-state index in [1.54, 1.807) is 37.3 Å². The Morgan fingerprint density at radius 2 is 1.81 bits per heavy atom. The van der Waals surface area contributed by atoms with Gasteiger partial charge < -0.3 is 9.97 Å². The van der Waals surface area contributed by atoms with Gasteiger partial charge in [-0.25, -0.2) is 0 Å². The van der Waals surface area contributed by atoms with Crippen LogP contribution < -0.4 is 0 Å². The van der Waals surface area contributed by atoms with Gasteiger partial charge in [0.25, 0.3) is 0 Å². The minimum absolute atomic E-state index is 0. The van der Waals surface area contributed by atoms with Crippen molar-refractivity contribution in [2.75, 3.05) is 0 Å². The summed E-state index contributed by atoms with van der Waals surface area (Å²) in [6, 6.07) is 22.8. The fourth-order valence-corrected chi connectivity index (χ4v) is 4.92. The van der Waals surface area contributed by atoms with Crippen molar-refractivity contribution < 1.29 is 29.7 Å². The van der Waals surface area contributed by atoms with Crippen molar-refractivity contribution >= 4 is 31.5 Å². The van der Waals surface area contributed by atoms with Gasteiger partial charge in [-0.2, -0.15) is 11.3 Å². The molecule has 0 atom stereocenters. The number of hydrogen-bond acceptors (Lipinski definition) is 3. The number of pyridine rings is 2. The van der Waals surface area contributed by atoms with Gasteiger partial charge in [-0.1, -0.05) is 55.5 Å². The number of rotatable bonds is 3. The van der Waals surface area contributed by atoms with Crippen LogP contribution >= 0.6 is 11.3 Å². The van der Waals surface area contributed by atoms with Crippen molar-refractivity contribution in [2.45, 2.75) is 26.7 Å². The maximum absolute atomic E-state index is 8.15. The summed E-state index contributed by atoms with van der Waals surface area (Å²) in [5.74, 6) is -0.918. The fourth-order valence-electron chi connectivity index (χ4n) is 3.63. The largest absolute Gasteiger partial charge is 0.305 e. The van der Waals surface area contributed by atoms with Crippen LogP contribution in [0.3, 0.4) is 0 Å².